The number of carbonyl (C=O) groups is 2. The molecule has 1 aromatic carbocycles. The fourth-order valence-electron chi connectivity index (χ4n) is 2.76. The summed E-state index contributed by atoms with van der Waals surface area (Å²) in [7, 11) is 0. The van der Waals surface area contributed by atoms with E-state index >= 15 is 0 Å². The van der Waals surface area contributed by atoms with Crippen LogP contribution in [0.25, 0.3) is 0 Å². The van der Waals surface area contributed by atoms with Crippen molar-refractivity contribution in [2.24, 2.45) is 0 Å². The Hall–Kier alpha value is -2.08. The van der Waals surface area contributed by atoms with Crippen molar-refractivity contribution in [3.8, 4) is 5.75 Å². The first-order valence-corrected chi connectivity index (χ1v) is 7.10. The highest BCUT2D eigenvalue weighted by Gasteiger charge is 2.32. The summed E-state index contributed by atoms with van der Waals surface area (Å²) in [6.07, 6.45) is 2.23. The lowest BCUT2D eigenvalue weighted by Gasteiger charge is -2.33. The molecular weight excluding hydrogens is 274 g/mol. The second-order valence-electron chi connectivity index (χ2n) is 5.15. The van der Waals surface area contributed by atoms with Crippen LogP contribution in [0.3, 0.4) is 0 Å². The number of anilines is 1. The van der Waals surface area contributed by atoms with E-state index in [9.17, 15) is 14.7 Å². The smallest absolute Gasteiger partial charge is 0.339 e. The summed E-state index contributed by atoms with van der Waals surface area (Å²) < 4.78 is 11.0. The number of amides is 1. The minimum atomic E-state index is -1.06. The lowest BCUT2D eigenvalue weighted by molar-refractivity contribution is -0.132. The van der Waals surface area contributed by atoms with Gasteiger partial charge in [-0.2, -0.15) is 0 Å². The van der Waals surface area contributed by atoms with Gasteiger partial charge in [0.15, 0.2) is 5.75 Å². The molecule has 1 amide bonds. The molecule has 1 atom stereocenters. The van der Waals surface area contributed by atoms with Crippen LogP contribution in [0, 0.1) is 0 Å². The van der Waals surface area contributed by atoms with Crippen LogP contribution in [-0.2, 0) is 9.53 Å². The summed E-state index contributed by atoms with van der Waals surface area (Å²) in [5.41, 5.74) is 0.592. The normalized spacial score (nSPS) is 21.3. The van der Waals surface area contributed by atoms with Crippen LogP contribution in [0.15, 0.2) is 18.2 Å². The molecule has 3 rings (SSSR count). The molecule has 0 spiro atoms. The zero-order valence-electron chi connectivity index (χ0n) is 11.6. The summed E-state index contributed by atoms with van der Waals surface area (Å²) in [5.74, 6) is -0.905. The molecule has 1 aromatic rings. The van der Waals surface area contributed by atoms with E-state index in [0.29, 0.717) is 25.3 Å². The third kappa shape index (κ3) is 2.58. The second-order valence-corrected chi connectivity index (χ2v) is 5.15. The molecule has 1 unspecified atom stereocenters. The van der Waals surface area contributed by atoms with Crippen molar-refractivity contribution in [2.45, 2.75) is 25.4 Å². The Morgan fingerprint density at radius 3 is 2.81 bits per heavy atom. The summed E-state index contributed by atoms with van der Waals surface area (Å²) in [4.78, 5) is 25.4. The minimum Gasteiger partial charge on any atom is -0.489 e. The van der Waals surface area contributed by atoms with Gasteiger partial charge in [0.25, 0.3) is 5.91 Å². The monoisotopic (exact) mass is 291 g/mol. The van der Waals surface area contributed by atoms with Crippen LogP contribution >= 0.6 is 0 Å². The van der Waals surface area contributed by atoms with Gasteiger partial charge in [0.1, 0.15) is 18.3 Å². The maximum atomic E-state index is 12.6. The van der Waals surface area contributed by atoms with Gasteiger partial charge in [-0.05, 0) is 31.4 Å². The number of hydrogen-bond acceptors (Lipinski definition) is 4. The summed E-state index contributed by atoms with van der Waals surface area (Å²) in [6.45, 7) is 1.30. The Morgan fingerprint density at radius 2 is 2.10 bits per heavy atom. The van der Waals surface area contributed by atoms with E-state index in [1.165, 1.54) is 6.07 Å². The third-order valence-electron chi connectivity index (χ3n) is 3.80. The highest BCUT2D eigenvalue weighted by molar-refractivity contribution is 6.01. The molecular formula is C15H17NO5. The zero-order valence-corrected chi connectivity index (χ0v) is 11.6. The van der Waals surface area contributed by atoms with Crippen molar-refractivity contribution in [1.29, 1.82) is 0 Å². The minimum absolute atomic E-state index is 0.0783. The Kier molecular flexibility index (Phi) is 3.79. The van der Waals surface area contributed by atoms with Gasteiger partial charge in [0.2, 0.25) is 0 Å². The van der Waals surface area contributed by atoms with Crippen molar-refractivity contribution in [3.05, 3.63) is 23.8 Å². The molecule has 2 aliphatic rings. The number of carboxylic acids is 1. The fourth-order valence-corrected chi connectivity index (χ4v) is 2.76. The van der Waals surface area contributed by atoms with Gasteiger partial charge in [-0.25, -0.2) is 4.79 Å². The number of rotatable bonds is 2. The van der Waals surface area contributed by atoms with E-state index in [-0.39, 0.29) is 23.8 Å². The summed E-state index contributed by atoms with van der Waals surface area (Å²) >= 11 is 0. The Balaban J connectivity index is 1.91. The molecule has 0 aliphatic carbocycles. The van der Waals surface area contributed by atoms with E-state index < -0.39 is 12.1 Å². The molecule has 1 N–H and O–H groups in total. The number of ether oxygens (including phenoxy) is 2. The van der Waals surface area contributed by atoms with E-state index in [1.54, 1.807) is 17.0 Å². The van der Waals surface area contributed by atoms with Crippen LogP contribution in [0.1, 0.15) is 29.6 Å². The summed E-state index contributed by atoms with van der Waals surface area (Å²) in [6, 6.07) is 4.81. The predicted octanol–water partition coefficient (Wildman–Crippen LogP) is 1.68. The zero-order chi connectivity index (χ0) is 14.8. The van der Waals surface area contributed by atoms with E-state index in [2.05, 4.69) is 0 Å². The topological polar surface area (TPSA) is 76.1 Å². The first kappa shape index (κ1) is 13.9. The molecule has 0 aromatic heterocycles. The van der Waals surface area contributed by atoms with Gasteiger partial charge in [0, 0.05) is 6.61 Å². The van der Waals surface area contributed by atoms with Gasteiger partial charge >= 0.3 is 5.97 Å². The van der Waals surface area contributed by atoms with Gasteiger partial charge < -0.3 is 19.5 Å². The van der Waals surface area contributed by atoms with E-state index in [4.69, 9.17) is 9.47 Å². The molecule has 0 bridgehead atoms. The van der Waals surface area contributed by atoms with Crippen molar-refractivity contribution in [1.82, 2.24) is 0 Å². The van der Waals surface area contributed by atoms with Gasteiger partial charge in [-0.3, -0.25) is 4.79 Å². The molecule has 21 heavy (non-hydrogen) atoms. The molecule has 6 nitrogen and oxygen atoms in total. The third-order valence-corrected chi connectivity index (χ3v) is 3.80. The molecule has 2 heterocycles. The molecule has 6 heteroatoms. The SMILES string of the molecule is O=C(O)c1cccc2c1OCCN2C(=O)C1CCCCO1. The Labute approximate surface area is 122 Å². The highest BCUT2D eigenvalue weighted by atomic mass is 16.5. The lowest BCUT2D eigenvalue weighted by atomic mass is 10.1. The quantitative estimate of drug-likeness (QED) is 0.897. The number of carbonyl (C=O) groups excluding carboxylic acids is 1. The highest BCUT2D eigenvalue weighted by Crippen LogP contribution is 2.36. The van der Waals surface area contributed by atoms with Crippen LogP contribution in [-0.4, -0.2) is 42.8 Å². The van der Waals surface area contributed by atoms with Crippen LogP contribution < -0.4 is 9.64 Å². The van der Waals surface area contributed by atoms with E-state index in [0.717, 1.165) is 12.8 Å². The van der Waals surface area contributed by atoms with Crippen LogP contribution in [0.2, 0.25) is 0 Å². The number of para-hydroxylation sites is 1. The van der Waals surface area contributed by atoms with Crippen molar-refractivity contribution in [2.75, 3.05) is 24.7 Å². The molecule has 0 saturated carbocycles. The number of hydrogen-bond donors (Lipinski definition) is 1. The lowest BCUT2D eigenvalue weighted by Crippen LogP contribution is -2.45. The Morgan fingerprint density at radius 1 is 1.24 bits per heavy atom. The van der Waals surface area contributed by atoms with Crippen molar-refractivity contribution >= 4 is 17.6 Å². The second kappa shape index (κ2) is 5.73. The molecule has 2 aliphatic heterocycles. The van der Waals surface area contributed by atoms with E-state index in [1.807, 2.05) is 0 Å². The van der Waals surface area contributed by atoms with Crippen molar-refractivity contribution < 1.29 is 24.2 Å². The Bertz CT molecular complexity index is 565. The molecule has 1 saturated heterocycles. The van der Waals surface area contributed by atoms with Gasteiger partial charge in [0.05, 0.1) is 12.2 Å². The van der Waals surface area contributed by atoms with Crippen LogP contribution in [0.4, 0.5) is 5.69 Å². The standard InChI is InChI=1S/C15H17NO5/c17-14(12-6-1-2-8-20-12)16-7-9-21-13-10(15(18)19)4-3-5-11(13)16/h3-5,12H,1-2,6-9H2,(H,18,19). The largest absolute Gasteiger partial charge is 0.489 e. The number of carboxylic acid groups (broad SMARTS) is 1. The number of aromatic carboxylic acids is 1. The van der Waals surface area contributed by atoms with Gasteiger partial charge in [-0.15, -0.1) is 0 Å². The first-order chi connectivity index (χ1) is 10.2. The summed E-state index contributed by atoms with van der Waals surface area (Å²) in [5, 5.41) is 9.21. The molecule has 112 valence electrons. The average molecular weight is 291 g/mol. The fraction of sp³-hybridized carbons (Fsp3) is 0.467. The van der Waals surface area contributed by atoms with Gasteiger partial charge in [-0.1, -0.05) is 6.07 Å². The van der Waals surface area contributed by atoms with Crippen LogP contribution in [0.5, 0.6) is 5.75 Å². The average Bonchev–Trinajstić information content (AvgIpc) is 2.53. The number of nitrogens with zero attached hydrogens (tertiary/aromatic N) is 1. The molecule has 1 fully saturated rings. The first-order valence-electron chi connectivity index (χ1n) is 7.10. The maximum absolute atomic E-state index is 12.6. The maximum Gasteiger partial charge on any atom is 0.339 e. The predicted molar refractivity (Wildman–Crippen MR) is 74.8 cm³/mol. The molecule has 0 radical (unpaired) electrons. The number of fused-ring (bicyclic) bond motifs is 1. The number of benzene rings is 1. The van der Waals surface area contributed by atoms with Crippen molar-refractivity contribution in [3.63, 3.8) is 0 Å².